The van der Waals surface area contributed by atoms with E-state index in [9.17, 15) is 23.1 Å². The molecule has 1 aliphatic rings. The number of nitrogens with zero attached hydrogens (tertiary/aromatic N) is 3. The van der Waals surface area contributed by atoms with Gasteiger partial charge in [0.2, 0.25) is 10.0 Å². The third kappa shape index (κ3) is 8.66. The number of Topliss-reactive ketones (excluding diaryl/α,β-unsaturated/α-hetero) is 1. The van der Waals surface area contributed by atoms with Gasteiger partial charge in [0.25, 0.3) is 5.91 Å². The van der Waals surface area contributed by atoms with Gasteiger partial charge in [-0.05, 0) is 74.8 Å². The van der Waals surface area contributed by atoms with Gasteiger partial charge in [0, 0.05) is 48.3 Å². The summed E-state index contributed by atoms with van der Waals surface area (Å²) in [6.45, 7) is 8.42. The predicted molar refractivity (Wildman–Crippen MR) is 190 cm³/mol. The van der Waals surface area contributed by atoms with Crippen molar-refractivity contribution < 1.29 is 23.1 Å². The molecule has 1 N–H and O–H groups in total. The highest BCUT2D eigenvalue weighted by molar-refractivity contribution is 7.89. The normalized spacial score (nSPS) is 16.4. The molecular weight excluding hydrogens is 643 g/mol. The summed E-state index contributed by atoms with van der Waals surface area (Å²) in [5.41, 5.74) is 3.65. The van der Waals surface area contributed by atoms with E-state index in [1.54, 1.807) is 59.9 Å². The number of ketones is 1. The molecule has 5 rings (SSSR count). The van der Waals surface area contributed by atoms with Crippen LogP contribution in [0.4, 0.5) is 0 Å². The minimum atomic E-state index is -3.90. The zero-order valence-electron chi connectivity index (χ0n) is 28.1. The molecule has 0 aliphatic carbocycles. The number of amides is 1. The number of aryl methyl sites for hydroxylation is 2. The van der Waals surface area contributed by atoms with Gasteiger partial charge in [0.15, 0.2) is 5.78 Å². The van der Waals surface area contributed by atoms with Crippen molar-refractivity contribution >= 4 is 33.1 Å². The summed E-state index contributed by atoms with van der Waals surface area (Å²) in [6.07, 6.45) is 0.988. The maximum Gasteiger partial charge on any atom is 0.254 e. The molecule has 1 fully saturated rings. The Morgan fingerprint density at radius 2 is 1.69 bits per heavy atom. The summed E-state index contributed by atoms with van der Waals surface area (Å²) in [6, 6.07) is 23.0. The lowest BCUT2D eigenvalue weighted by Gasteiger charge is -2.30. The van der Waals surface area contributed by atoms with Crippen LogP contribution in [0, 0.1) is 25.7 Å². The van der Waals surface area contributed by atoms with Gasteiger partial charge in [-0.25, -0.2) is 13.4 Å². The van der Waals surface area contributed by atoms with Crippen LogP contribution in [0.15, 0.2) is 89.1 Å². The molecule has 1 aromatic heterocycles. The van der Waals surface area contributed by atoms with E-state index in [1.165, 1.54) is 4.31 Å². The molecule has 0 unspecified atom stereocenters. The highest BCUT2D eigenvalue weighted by Crippen LogP contribution is 2.35. The van der Waals surface area contributed by atoms with Crippen LogP contribution in [-0.4, -0.2) is 65.1 Å². The summed E-state index contributed by atoms with van der Waals surface area (Å²) in [5.74, 6) is -0.901. The Hall–Kier alpha value is -3.70. The first-order valence-corrected chi connectivity index (χ1v) is 18.9. The van der Waals surface area contributed by atoms with E-state index in [0.29, 0.717) is 24.1 Å². The molecule has 0 saturated carbocycles. The first-order valence-electron chi connectivity index (χ1n) is 16.6. The Morgan fingerprint density at radius 3 is 2.35 bits per heavy atom. The van der Waals surface area contributed by atoms with E-state index in [0.717, 1.165) is 34.7 Å². The van der Waals surface area contributed by atoms with E-state index >= 15 is 0 Å². The minimum Gasteiger partial charge on any atom is -0.391 e. The number of hydrogen-bond donors (Lipinski definition) is 1. The first-order chi connectivity index (χ1) is 22.9. The molecule has 48 heavy (non-hydrogen) atoms. The van der Waals surface area contributed by atoms with Gasteiger partial charge < -0.3 is 10.0 Å². The summed E-state index contributed by atoms with van der Waals surface area (Å²) in [7, 11) is -3.90. The number of hydrogen-bond acceptors (Lipinski definition) is 7. The lowest BCUT2D eigenvalue weighted by atomic mass is 9.87. The molecule has 0 bridgehead atoms. The van der Waals surface area contributed by atoms with Crippen molar-refractivity contribution in [3.05, 3.63) is 117 Å². The highest BCUT2D eigenvalue weighted by Gasteiger charge is 2.34. The Labute approximate surface area is 288 Å². The highest BCUT2D eigenvalue weighted by atomic mass is 32.2. The smallest absolute Gasteiger partial charge is 0.254 e. The summed E-state index contributed by atoms with van der Waals surface area (Å²) >= 11 is 1.57. The van der Waals surface area contributed by atoms with Crippen molar-refractivity contribution in [2.24, 2.45) is 11.8 Å². The fourth-order valence-corrected chi connectivity index (χ4v) is 8.86. The maximum atomic E-state index is 13.9. The predicted octanol–water partition coefficient (Wildman–Crippen LogP) is 6.88. The minimum absolute atomic E-state index is 0.0153. The fourth-order valence-electron chi connectivity index (χ4n) is 6.30. The number of sulfonamides is 1. The van der Waals surface area contributed by atoms with Crippen molar-refractivity contribution in [1.29, 1.82) is 0 Å². The van der Waals surface area contributed by atoms with Crippen LogP contribution in [0.1, 0.15) is 81.7 Å². The van der Waals surface area contributed by atoms with E-state index in [2.05, 4.69) is 4.98 Å². The molecule has 4 aromatic rings. The molecular formula is C38H45N3O5S2. The zero-order valence-corrected chi connectivity index (χ0v) is 29.7. The quantitative estimate of drug-likeness (QED) is 0.145. The number of carbonyl (C=O) groups is 2. The molecule has 1 aliphatic heterocycles. The number of likely N-dealkylation sites (tertiary alicyclic amines) is 1. The lowest BCUT2D eigenvalue weighted by Crippen LogP contribution is -2.43. The maximum absolute atomic E-state index is 13.9. The van der Waals surface area contributed by atoms with Crippen LogP contribution in [0.3, 0.4) is 0 Å². The lowest BCUT2D eigenvalue weighted by molar-refractivity contribution is 0.0689. The average molecular weight is 688 g/mol. The van der Waals surface area contributed by atoms with Crippen molar-refractivity contribution in [1.82, 2.24) is 14.2 Å². The molecule has 8 nitrogen and oxygen atoms in total. The topological polar surface area (TPSA) is 108 Å². The Morgan fingerprint density at radius 1 is 0.979 bits per heavy atom. The van der Waals surface area contributed by atoms with Crippen molar-refractivity contribution in [2.75, 3.05) is 19.6 Å². The molecule has 10 heteroatoms. The van der Waals surface area contributed by atoms with Gasteiger partial charge in [-0.2, -0.15) is 4.31 Å². The van der Waals surface area contributed by atoms with Crippen molar-refractivity contribution in [2.45, 2.75) is 70.4 Å². The Balaban J connectivity index is 1.37. The van der Waals surface area contributed by atoms with Crippen LogP contribution < -0.4 is 0 Å². The molecule has 0 spiro atoms. The molecule has 1 amide bonds. The molecule has 2 heterocycles. The number of thiazole rings is 1. The Kier molecular flexibility index (Phi) is 11.6. The number of aliphatic hydroxyl groups is 1. The molecule has 3 atom stereocenters. The van der Waals surface area contributed by atoms with Crippen LogP contribution in [-0.2, 0) is 16.4 Å². The van der Waals surface area contributed by atoms with Gasteiger partial charge >= 0.3 is 0 Å². The van der Waals surface area contributed by atoms with E-state index in [-0.39, 0.29) is 48.1 Å². The van der Waals surface area contributed by atoms with Gasteiger partial charge in [0.05, 0.1) is 17.0 Å². The van der Waals surface area contributed by atoms with Crippen LogP contribution in [0.25, 0.3) is 0 Å². The first kappa shape index (κ1) is 35.6. The number of carbonyl (C=O) groups excluding carboxylic acids is 2. The molecule has 254 valence electrons. The second kappa shape index (κ2) is 15.7. The average Bonchev–Trinajstić information content (AvgIpc) is 3.73. The Bertz CT molecular complexity index is 1810. The third-order valence-electron chi connectivity index (χ3n) is 8.82. The number of benzene rings is 3. The van der Waals surface area contributed by atoms with E-state index in [4.69, 9.17) is 0 Å². The van der Waals surface area contributed by atoms with Crippen LogP contribution >= 0.6 is 11.3 Å². The van der Waals surface area contributed by atoms with Gasteiger partial charge in [0.1, 0.15) is 5.01 Å². The van der Waals surface area contributed by atoms with Crippen molar-refractivity contribution in [3.63, 3.8) is 0 Å². The summed E-state index contributed by atoms with van der Waals surface area (Å²) in [5, 5.41) is 14.6. The largest absolute Gasteiger partial charge is 0.391 e. The van der Waals surface area contributed by atoms with E-state index < -0.39 is 22.0 Å². The van der Waals surface area contributed by atoms with Gasteiger partial charge in [-0.1, -0.05) is 74.0 Å². The second-order valence-corrected chi connectivity index (χ2v) is 16.1. The van der Waals surface area contributed by atoms with Crippen LogP contribution in [0.5, 0.6) is 0 Å². The summed E-state index contributed by atoms with van der Waals surface area (Å²) < 4.78 is 28.9. The van der Waals surface area contributed by atoms with Gasteiger partial charge in [-0.15, -0.1) is 11.3 Å². The van der Waals surface area contributed by atoms with Crippen LogP contribution in [0.2, 0.25) is 0 Å². The zero-order chi connectivity index (χ0) is 34.4. The second-order valence-electron chi connectivity index (χ2n) is 13.2. The molecule has 3 aromatic carbocycles. The summed E-state index contributed by atoms with van der Waals surface area (Å²) in [4.78, 5) is 34.2. The SMILES string of the molecule is Cc1ccc(S(=O)(=O)N(CC(C)C)C[C@@H](O)[C@@H](CC(=O)c2cccc(C(=O)N3CCC[C@@H]3c3nc(C)cs3)c2)Cc2ccccc2)cc1. The fraction of sp³-hybridized carbons (Fsp3) is 0.395. The number of rotatable bonds is 14. The van der Waals surface area contributed by atoms with Gasteiger partial charge in [-0.3, -0.25) is 9.59 Å². The standard InChI is InChI=1S/C38H45N3O5S2/c1-26(2)23-40(48(45,46)33-17-15-27(3)16-18-33)24-36(43)32(20-29-10-6-5-7-11-29)22-35(42)30-12-8-13-31(21-30)38(44)41-19-9-14-34(41)37-39-28(4)25-47-37/h5-8,10-13,15-18,21,25-26,32,34,36,43H,9,14,19-20,22-24H2,1-4H3/t32-,34-,36-/m1/s1. The van der Waals surface area contributed by atoms with E-state index in [1.807, 2.05) is 68.3 Å². The van der Waals surface area contributed by atoms with Crippen molar-refractivity contribution in [3.8, 4) is 0 Å². The third-order valence-corrected chi connectivity index (χ3v) is 11.7. The number of aliphatic hydroxyl groups excluding tert-OH is 1. The number of aromatic nitrogens is 1. The molecule has 0 radical (unpaired) electrons. The molecule has 1 saturated heterocycles. The monoisotopic (exact) mass is 687 g/mol.